The summed E-state index contributed by atoms with van der Waals surface area (Å²) in [6.45, 7) is 0. The number of fused-ring (bicyclic) bond motifs is 1. The van der Waals surface area contributed by atoms with E-state index in [1.165, 1.54) is 6.07 Å². The molecule has 0 saturated heterocycles. The van der Waals surface area contributed by atoms with Gasteiger partial charge in [-0.25, -0.2) is 0 Å². The Balaban J connectivity index is 1.82. The molecule has 0 N–H and O–H groups in total. The van der Waals surface area contributed by atoms with Gasteiger partial charge in [0.15, 0.2) is 5.78 Å². The highest BCUT2D eigenvalue weighted by molar-refractivity contribution is 6.00. The topological polar surface area (TPSA) is 60.2 Å². The summed E-state index contributed by atoms with van der Waals surface area (Å²) in [5.74, 6) is 0.0743. The molecule has 4 nitrogen and oxygen atoms in total. The number of nitrogens with zero attached hydrogens (tertiary/aromatic N) is 1. The van der Waals surface area contributed by atoms with E-state index in [0.717, 1.165) is 29.5 Å². The molecule has 21 heavy (non-hydrogen) atoms. The van der Waals surface area contributed by atoms with E-state index < -0.39 is 4.92 Å². The molecule has 4 heteroatoms. The number of aryl methyl sites for hydroxylation is 1. The summed E-state index contributed by atoms with van der Waals surface area (Å²) in [7, 11) is 0. The number of hydrogen-bond donors (Lipinski definition) is 0. The number of carbonyl (C=O) groups excluding carboxylic acids is 1. The van der Waals surface area contributed by atoms with Crippen LogP contribution in [0.15, 0.2) is 48.5 Å². The molecule has 0 spiro atoms. The minimum Gasteiger partial charge on any atom is -0.294 e. The van der Waals surface area contributed by atoms with Crippen molar-refractivity contribution in [2.45, 2.75) is 19.3 Å². The molecule has 1 aliphatic carbocycles. The van der Waals surface area contributed by atoms with Gasteiger partial charge < -0.3 is 0 Å². The standard InChI is InChI=1S/C17H15NO3/c19-17-14(9-8-13-5-1-2-7-16(13)17)10-12-4-3-6-15(11-12)18(20)21/h1-7,11,14H,8-10H2. The third-order valence-corrected chi connectivity index (χ3v) is 4.02. The van der Waals surface area contributed by atoms with Gasteiger partial charge in [-0.05, 0) is 30.4 Å². The summed E-state index contributed by atoms with van der Waals surface area (Å²) in [5.41, 5.74) is 2.84. The molecule has 0 aromatic heterocycles. The van der Waals surface area contributed by atoms with Crippen molar-refractivity contribution in [1.29, 1.82) is 0 Å². The first-order valence-electron chi connectivity index (χ1n) is 7.00. The minimum atomic E-state index is -0.401. The van der Waals surface area contributed by atoms with Crippen molar-refractivity contribution in [3.8, 4) is 0 Å². The van der Waals surface area contributed by atoms with E-state index in [4.69, 9.17) is 0 Å². The lowest BCUT2D eigenvalue weighted by Gasteiger charge is -2.23. The Morgan fingerprint density at radius 1 is 1.14 bits per heavy atom. The Morgan fingerprint density at radius 2 is 1.95 bits per heavy atom. The molecular weight excluding hydrogens is 266 g/mol. The van der Waals surface area contributed by atoms with Crippen LogP contribution in [-0.2, 0) is 12.8 Å². The van der Waals surface area contributed by atoms with E-state index in [1.807, 2.05) is 30.3 Å². The van der Waals surface area contributed by atoms with Gasteiger partial charge in [-0.1, -0.05) is 36.4 Å². The zero-order valence-corrected chi connectivity index (χ0v) is 11.5. The number of ketones is 1. The molecule has 0 fully saturated rings. The van der Waals surface area contributed by atoms with Crippen LogP contribution in [0.2, 0.25) is 0 Å². The zero-order chi connectivity index (χ0) is 14.8. The van der Waals surface area contributed by atoms with E-state index in [-0.39, 0.29) is 17.4 Å². The lowest BCUT2D eigenvalue weighted by Crippen LogP contribution is -2.24. The van der Waals surface area contributed by atoms with Crippen molar-refractivity contribution in [2.24, 2.45) is 5.92 Å². The molecule has 0 radical (unpaired) electrons. The van der Waals surface area contributed by atoms with Crippen molar-refractivity contribution in [1.82, 2.24) is 0 Å². The average Bonchev–Trinajstić information content (AvgIpc) is 2.51. The largest absolute Gasteiger partial charge is 0.294 e. The van der Waals surface area contributed by atoms with Crippen LogP contribution in [0.3, 0.4) is 0 Å². The molecule has 0 amide bonds. The van der Waals surface area contributed by atoms with Crippen LogP contribution in [0.5, 0.6) is 0 Å². The first-order valence-corrected chi connectivity index (χ1v) is 7.00. The van der Waals surface area contributed by atoms with E-state index in [2.05, 4.69) is 0 Å². The number of nitro groups is 1. The maximum absolute atomic E-state index is 12.5. The van der Waals surface area contributed by atoms with E-state index in [1.54, 1.807) is 12.1 Å². The van der Waals surface area contributed by atoms with Crippen LogP contribution < -0.4 is 0 Å². The van der Waals surface area contributed by atoms with E-state index in [0.29, 0.717) is 6.42 Å². The van der Waals surface area contributed by atoms with Crippen LogP contribution in [0.4, 0.5) is 5.69 Å². The second kappa shape index (κ2) is 5.48. The third kappa shape index (κ3) is 2.70. The van der Waals surface area contributed by atoms with E-state index >= 15 is 0 Å². The summed E-state index contributed by atoms with van der Waals surface area (Å²) in [5, 5.41) is 10.8. The van der Waals surface area contributed by atoms with Crippen molar-refractivity contribution in [3.05, 3.63) is 75.3 Å². The quantitative estimate of drug-likeness (QED) is 0.638. The fraction of sp³-hybridized carbons (Fsp3) is 0.235. The normalized spacial score (nSPS) is 17.3. The maximum Gasteiger partial charge on any atom is 0.269 e. The van der Waals surface area contributed by atoms with Crippen molar-refractivity contribution in [2.75, 3.05) is 0 Å². The van der Waals surface area contributed by atoms with Gasteiger partial charge >= 0.3 is 0 Å². The summed E-state index contributed by atoms with van der Waals surface area (Å²) in [6, 6.07) is 14.3. The highest BCUT2D eigenvalue weighted by Crippen LogP contribution is 2.28. The van der Waals surface area contributed by atoms with Crippen LogP contribution in [0.1, 0.15) is 27.9 Å². The minimum absolute atomic E-state index is 0.0798. The highest BCUT2D eigenvalue weighted by Gasteiger charge is 2.27. The van der Waals surface area contributed by atoms with Crippen molar-refractivity contribution < 1.29 is 9.72 Å². The number of hydrogen-bond acceptors (Lipinski definition) is 3. The van der Waals surface area contributed by atoms with Gasteiger partial charge in [-0.2, -0.15) is 0 Å². The van der Waals surface area contributed by atoms with Gasteiger partial charge in [0.2, 0.25) is 0 Å². The van der Waals surface area contributed by atoms with Gasteiger partial charge in [-0.15, -0.1) is 0 Å². The molecule has 0 saturated carbocycles. The number of Topliss-reactive ketones (excluding diaryl/α,β-unsaturated/α-hetero) is 1. The van der Waals surface area contributed by atoms with Gasteiger partial charge in [0.25, 0.3) is 5.69 Å². The van der Waals surface area contributed by atoms with Crippen LogP contribution in [-0.4, -0.2) is 10.7 Å². The number of carbonyl (C=O) groups is 1. The zero-order valence-electron chi connectivity index (χ0n) is 11.5. The Bertz CT molecular complexity index is 709. The second-order valence-electron chi connectivity index (χ2n) is 5.39. The molecule has 0 heterocycles. The number of nitro benzene ring substituents is 1. The molecule has 2 aromatic carbocycles. The fourth-order valence-electron chi connectivity index (χ4n) is 2.94. The van der Waals surface area contributed by atoms with Crippen molar-refractivity contribution >= 4 is 11.5 Å². The van der Waals surface area contributed by atoms with Crippen LogP contribution in [0.25, 0.3) is 0 Å². The third-order valence-electron chi connectivity index (χ3n) is 4.02. The summed E-state index contributed by atoms with van der Waals surface area (Å²) in [4.78, 5) is 22.9. The molecule has 2 aromatic rings. The lowest BCUT2D eigenvalue weighted by molar-refractivity contribution is -0.384. The Labute approximate surface area is 122 Å². The lowest BCUT2D eigenvalue weighted by atomic mass is 9.80. The van der Waals surface area contributed by atoms with E-state index in [9.17, 15) is 14.9 Å². The number of non-ortho nitro benzene ring substituents is 1. The smallest absolute Gasteiger partial charge is 0.269 e. The molecule has 1 unspecified atom stereocenters. The summed E-state index contributed by atoms with van der Waals surface area (Å²) >= 11 is 0. The molecular formula is C17H15NO3. The van der Waals surface area contributed by atoms with Gasteiger partial charge in [0.05, 0.1) is 4.92 Å². The monoisotopic (exact) mass is 281 g/mol. The average molecular weight is 281 g/mol. The van der Waals surface area contributed by atoms with Crippen LogP contribution in [0, 0.1) is 16.0 Å². The van der Waals surface area contributed by atoms with Crippen LogP contribution >= 0.6 is 0 Å². The molecule has 1 aliphatic rings. The van der Waals surface area contributed by atoms with Crippen molar-refractivity contribution in [3.63, 3.8) is 0 Å². The first-order chi connectivity index (χ1) is 10.1. The number of rotatable bonds is 3. The summed E-state index contributed by atoms with van der Waals surface area (Å²) in [6.07, 6.45) is 2.26. The predicted molar refractivity (Wildman–Crippen MR) is 79.4 cm³/mol. The Kier molecular flexibility index (Phi) is 3.52. The highest BCUT2D eigenvalue weighted by atomic mass is 16.6. The molecule has 0 bridgehead atoms. The molecule has 1 atom stereocenters. The Morgan fingerprint density at radius 3 is 2.76 bits per heavy atom. The first kappa shape index (κ1) is 13.5. The fourth-order valence-corrected chi connectivity index (χ4v) is 2.94. The molecule has 0 aliphatic heterocycles. The maximum atomic E-state index is 12.5. The molecule has 3 rings (SSSR count). The van der Waals surface area contributed by atoms with Gasteiger partial charge in [0, 0.05) is 23.6 Å². The Hall–Kier alpha value is -2.49. The van der Waals surface area contributed by atoms with Gasteiger partial charge in [-0.3, -0.25) is 14.9 Å². The molecule has 106 valence electrons. The second-order valence-corrected chi connectivity index (χ2v) is 5.39. The number of benzene rings is 2. The summed E-state index contributed by atoms with van der Waals surface area (Å²) < 4.78 is 0. The predicted octanol–water partition coefficient (Wildman–Crippen LogP) is 3.58. The SMILES string of the molecule is O=C1c2ccccc2CCC1Cc1cccc([N+](=O)[O-])c1. The van der Waals surface area contributed by atoms with Gasteiger partial charge in [0.1, 0.15) is 0 Å².